The number of nitrogens with zero attached hydrogens (tertiary/aromatic N) is 2. The second kappa shape index (κ2) is 11.8. The zero-order valence-corrected chi connectivity index (χ0v) is 19.0. The van der Waals surface area contributed by atoms with E-state index in [1.54, 1.807) is 6.20 Å². The first-order chi connectivity index (χ1) is 13.2. The molecule has 8 heteroatoms. The molecular weight excluding hydrogens is 471 g/mol. The first-order valence-electron chi connectivity index (χ1n) is 10.0. The smallest absolute Gasteiger partial charge is 0.213 e. The van der Waals surface area contributed by atoms with Gasteiger partial charge >= 0.3 is 0 Å². The van der Waals surface area contributed by atoms with Crippen molar-refractivity contribution in [3.8, 4) is 5.88 Å². The molecule has 1 aromatic rings. The fourth-order valence-corrected chi connectivity index (χ4v) is 3.21. The summed E-state index contributed by atoms with van der Waals surface area (Å²) in [4.78, 5) is 8.97. The van der Waals surface area contributed by atoms with Gasteiger partial charge in [0.25, 0.3) is 0 Å². The molecule has 2 fully saturated rings. The maximum Gasteiger partial charge on any atom is 0.213 e. The minimum Gasteiger partial charge on any atom is -0.477 e. The van der Waals surface area contributed by atoms with Gasteiger partial charge in [-0.05, 0) is 50.2 Å². The van der Waals surface area contributed by atoms with Crippen LogP contribution in [0.3, 0.4) is 0 Å². The van der Waals surface area contributed by atoms with Crippen molar-refractivity contribution in [3.05, 3.63) is 23.9 Å². The number of hydrogen-bond acceptors (Lipinski definition) is 5. The van der Waals surface area contributed by atoms with Crippen molar-refractivity contribution >= 4 is 29.9 Å². The maximum atomic E-state index is 9.37. The van der Waals surface area contributed by atoms with Gasteiger partial charge in [0, 0.05) is 44.0 Å². The zero-order valence-electron chi connectivity index (χ0n) is 16.7. The highest BCUT2D eigenvalue weighted by molar-refractivity contribution is 14.0. The molecule has 1 aromatic heterocycles. The van der Waals surface area contributed by atoms with E-state index in [0.29, 0.717) is 24.9 Å². The second-order valence-corrected chi connectivity index (χ2v) is 7.58. The number of rotatable bonds is 10. The summed E-state index contributed by atoms with van der Waals surface area (Å²) < 4.78 is 11.3. The molecule has 28 heavy (non-hydrogen) atoms. The van der Waals surface area contributed by atoms with Crippen LogP contribution in [0, 0.1) is 11.3 Å². The second-order valence-electron chi connectivity index (χ2n) is 7.58. The number of aromatic nitrogens is 1. The van der Waals surface area contributed by atoms with Gasteiger partial charge in [-0.3, -0.25) is 0 Å². The Labute approximate surface area is 184 Å². The van der Waals surface area contributed by atoms with E-state index < -0.39 is 0 Å². The number of hydrogen-bond donors (Lipinski definition) is 3. The molecule has 7 nitrogen and oxygen atoms in total. The molecule has 1 saturated heterocycles. The molecule has 1 atom stereocenters. The lowest BCUT2D eigenvalue weighted by Crippen LogP contribution is -2.44. The summed E-state index contributed by atoms with van der Waals surface area (Å²) >= 11 is 0. The van der Waals surface area contributed by atoms with E-state index in [9.17, 15) is 5.11 Å². The molecule has 1 unspecified atom stereocenters. The summed E-state index contributed by atoms with van der Waals surface area (Å²) in [6, 6.07) is 3.93. The number of aliphatic hydroxyl groups excluding tert-OH is 1. The average molecular weight is 504 g/mol. The Hall–Kier alpha value is -1.13. The van der Waals surface area contributed by atoms with Crippen LogP contribution in [0.15, 0.2) is 23.3 Å². The van der Waals surface area contributed by atoms with Gasteiger partial charge in [0.2, 0.25) is 5.88 Å². The molecule has 1 aliphatic heterocycles. The predicted octanol–water partition coefficient (Wildman–Crippen LogP) is 2.33. The molecule has 1 aliphatic carbocycles. The van der Waals surface area contributed by atoms with Crippen molar-refractivity contribution in [3.63, 3.8) is 0 Å². The predicted molar refractivity (Wildman–Crippen MR) is 120 cm³/mol. The topological polar surface area (TPSA) is 88.0 Å². The molecule has 158 valence electrons. The minimum atomic E-state index is -0.00850. The van der Waals surface area contributed by atoms with E-state index in [1.165, 1.54) is 12.8 Å². The third kappa shape index (κ3) is 7.36. The third-order valence-corrected chi connectivity index (χ3v) is 5.19. The molecule has 1 saturated carbocycles. The van der Waals surface area contributed by atoms with Crippen LogP contribution in [0.5, 0.6) is 5.88 Å². The summed E-state index contributed by atoms with van der Waals surface area (Å²) in [6.45, 7) is 6.53. The summed E-state index contributed by atoms with van der Waals surface area (Å²) in [7, 11) is 0. The number of nitrogens with one attached hydrogen (secondary N) is 2. The lowest BCUT2D eigenvalue weighted by molar-refractivity contribution is 0.127. The molecule has 3 N–H and O–H groups in total. The molecule has 2 aliphatic rings. The van der Waals surface area contributed by atoms with Gasteiger partial charge in [-0.2, -0.15) is 0 Å². The number of ether oxygens (including phenoxy) is 2. The van der Waals surface area contributed by atoms with E-state index in [0.717, 1.165) is 50.7 Å². The Bertz CT molecular complexity index is 619. The first kappa shape index (κ1) is 23.2. The van der Waals surface area contributed by atoms with Gasteiger partial charge in [0.1, 0.15) is 0 Å². The van der Waals surface area contributed by atoms with Crippen LogP contribution in [0.25, 0.3) is 0 Å². The zero-order chi connectivity index (χ0) is 19.0. The van der Waals surface area contributed by atoms with Gasteiger partial charge in [0.05, 0.1) is 19.8 Å². The van der Waals surface area contributed by atoms with Crippen LogP contribution < -0.4 is 15.4 Å². The summed E-state index contributed by atoms with van der Waals surface area (Å²) in [5, 5.41) is 16.1. The lowest BCUT2D eigenvalue weighted by atomic mass is 9.84. The fraction of sp³-hybridized carbons (Fsp3) is 0.700. The van der Waals surface area contributed by atoms with E-state index in [4.69, 9.17) is 14.5 Å². The molecule has 0 aromatic carbocycles. The van der Waals surface area contributed by atoms with Gasteiger partial charge in [-0.25, -0.2) is 9.98 Å². The third-order valence-electron chi connectivity index (χ3n) is 5.19. The lowest BCUT2D eigenvalue weighted by Gasteiger charge is -2.27. The van der Waals surface area contributed by atoms with Crippen LogP contribution in [-0.4, -0.2) is 55.6 Å². The fourth-order valence-electron chi connectivity index (χ4n) is 3.21. The summed E-state index contributed by atoms with van der Waals surface area (Å²) in [5.74, 6) is 2.17. The Kier molecular flexibility index (Phi) is 9.73. The first-order valence-corrected chi connectivity index (χ1v) is 10.0. The molecule has 0 spiro atoms. The largest absolute Gasteiger partial charge is 0.477 e. The highest BCUT2D eigenvalue weighted by atomic mass is 127. The van der Waals surface area contributed by atoms with Gasteiger partial charge in [0.15, 0.2) is 5.96 Å². The number of halogens is 1. The number of pyridine rings is 1. The van der Waals surface area contributed by atoms with Crippen molar-refractivity contribution < 1.29 is 14.6 Å². The molecule has 0 bridgehead atoms. The Morgan fingerprint density at radius 3 is 2.96 bits per heavy atom. The van der Waals surface area contributed by atoms with E-state index in [1.807, 2.05) is 12.1 Å². The monoisotopic (exact) mass is 504 g/mol. The number of guanidine groups is 1. The Morgan fingerprint density at radius 2 is 2.29 bits per heavy atom. The van der Waals surface area contributed by atoms with E-state index >= 15 is 0 Å². The highest BCUT2D eigenvalue weighted by Crippen LogP contribution is 2.31. The molecule has 2 heterocycles. The normalized spacial score (nSPS) is 21.9. The SMILES string of the molecule is CCNC(=NCc1ccnc(OCC2CC2)c1)NCC1(CCO)CCOC1.I. The van der Waals surface area contributed by atoms with E-state index in [-0.39, 0.29) is 36.0 Å². The van der Waals surface area contributed by atoms with Gasteiger partial charge in [-0.15, -0.1) is 24.0 Å². The molecule has 0 amide bonds. The number of aliphatic imine (C=N–C) groups is 1. The van der Waals surface area contributed by atoms with Gasteiger partial charge in [-0.1, -0.05) is 0 Å². The Morgan fingerprint density at radius 1 is 1.43 bits per heavy atom. The van der Waals surface area contributed by atoms with Crippen LogP contribution in [0.2, 0.25) is 0 Å². The van der Waals surface area contributed by atoms with Crippen LogP contribution in [0.1, 0.15) is 38.2 Å². The van der Waals surface area contributed by atoms with Crippen molar-refractivity contribution in [2.45, 2.75) is 39.2 Å². The minimum absolute atomic E-state index is 0. The number of aliphatic hydroxyl groups is 1. The Balaban J connectivity index is 0.00000280. The average Bonchev–Trinajstić information content (AvgIpc) is 3.41. The summed E-state index contributed by atoms with van der Waals surface area (Å²) in [5.41, 5.74) is 1.06. The van der Waals surface area contributed by atoms with Crippen molar-refractivity contribution in [1.29, 1.82) is 0 Å². The van der Waals surface area contributed by atoms with Crippen LogP contribution in [0.4, 0.5) is 0 Å². The van der Waals surface area contributed by atoms with Crippen LogP contribution in [-0.2, 0) is 11.3 Å². The quantitative estimate of drug-likeness (QED) is 0.258. The summed E-state index contributed by atoms with van der Waals surface area (Å²) in [6.07, 6.45) is 6.02. The van der Waals surface area contributed by atoms with Gasteiger partial charge < -0.3 is 25.2 Å². The molecule has 3 rings (SSSR count). The maximum absolute atomic E-state index is 9.37. The molecule has 0 radical (unpaired) electrons. The highest BCUT2D eigenvalue weighted by Gasteiger charge is 2.34. The van der Waals surface area contributed by atoms with Crippen molar-refractivity contribution in [2.24, 2.45) is 16.3 Å². The standard InChI is InChI=1S/C20H32N4O3.HI/c1-2-21-19(24-14-20(6-9-25)7-10-26-15-20)23-12-17-5-8-22-18(11-17)27-13-16-3-4-16;/h5,8,11,16,25H,2-4,6-7,9-10,12-15H2,1H3,(H2,21,23,24);1H. The van der Waals surface area contributed by atoms with Crippen molar-refractivity contribution in [1.82, 2.24) is 15.6 Å². The molecular formula is C20H33IN4O3. The van der Waals surface area contributed by atoms with E-state index in [2.05, 4.69) is 22.5 Å². The van der Waals surface area contributed by atoms with Crippen LogP contribution >= 0.6 is 24.0 Å². The van der Waals surface area contributed by atoms with Crippen molar-refractivity contribution in [2.75, 3.05) is 39.5 Å².